The van der Waals surface area contributed by atoms with Gasteiger partial charge in [0.05, 0.1) is 11.2 Å². The second-order valence-electron chi connectivity index (χ2n) is 5.51. The van der Waals surface area contributed by atoms with Gasteiger partial charge < -0.3 is 9.30 Å². The summed E-state index contributed by atoms with van der Waals surface area (Å²) in [4.78, 5) is 0. The van der Waals surface area contributed by atoms with Gasteiger partial charge in [0.15, 0.2) is 0 Å². The number of fused-ring (bicyclic) bond motifs is 1. The van der Waals surface area contributed by atoms with Crippen LogP contribution in [0.3, 0.4) is 0 Å². The molecule has 0 saturated heterocycles. The van der Waals surface area contributed by atoms with E-state index >= 15 is 0 Å². The van der Waals surface area contributed by atoms with Crippen molar-refractivity contribution in [3.8, 4) is 5.75 Å². The van der Waals surface area contributed by atoms with E-state index in [-0.39, 0.29) is 5.82 Å². The molecule has 1 heterocycles. The number of aromatic nitrogens is 1. The predicted molar refractivity (Wildman–Crippen MR) is 88.1 cm³/mol. The smallest absolute Gasteiger partial charge is 0.128 e. The van der Waals surface area contributed by atoms with Crippen LogP contribution in [0.5, 0.6) is 5.75 Å². The number of hydrogen-bond acceptors (Lipinski definition) is 1. The normalized spacial score (nSPS) is 11.3. The van der Waals surface area contributed by atoms with Crippen molar-refractivity contribution in [2.24, 2.45) is 0 Å². The van der Waals surface area contributed by atoms with Crippen molar-refractivity contribution in [2.75, 3.05) is 0 Å². The minimum atomic E-state index is -0.268. The van der Waals surface area contributed by atoms with Crippen LogP contribution in [0.15, 0.2) is 48.5 Å². The van der Waals surface area contributed by atoms with Crippen LogP contribution in [-0.2, 0) is 6.61 Å². The summed E-state index contributed by atoms with van der Waals surface area (Å²) in [5.74, 6) is 0.378. The van der Waals surface area contributed by atoms with Crippen molar-refractivity contribution in [2.45, 2.75) is 26.5 Å². The summed E-state index contributed by atoms with van der Waals surface area (Å²) in [7, 11) is 0. The highest BCUT2D eigenvalue weighted by Gasteiger charge is 2.13. The first-order valence-electron chi connectivity index (χ1n) is 7.23. The zero-order chi connectivity index (χ0) is 15.7. The molecule has 0 unspecified atom stereocenters. The molecule has 114 valence electrons. The van der Waals surface area contributed by atoms with Crippen molar-refractivity contribution in [1.82, 2.24) is 4.57 Å². The fraction of sp³-hybridized carbons (Fsp3) is 0.222. The molecule has 0 atom stereocenters. The van der Waals surface area contributed by atoms with Crippen LogP contribution < -0.4 is 4.74 Å². The predicted octanol–water partition coefficient (Wildman–Crippen LogP) is 5.59. The maximum atomic E-state index is 12.9. The minimum absolute atomic E-state index is 0.268. The number of ether oxygens (including phenoxy) is 1. The Kier molecular flexibility index (Phi) is 4.08. The van der Waals surface area contributed by atoms with Gasteiger partial charge in [-0.15, -0.1) is 0 Å². The lowest BCUT2D eigenvalue weighted by molar-refractivity contribution is 0.292. The number of rotatable bonds is 4. The lowest BCUT2D eigenvalue weighted by atomic mass is 10.2. The van der Waals surface area contributed by atoms with Crippen LogP contribution in [0.2, 0.25) is 5.02 Å². The first-order valence-corrected chi connectivity index (χ1v) is 7.61. The average Bonchev–Trinajstić information content (AvgIpc) is 2.87. The third-order valence-electron chi connectivity index (χ3n) is 3.63. The molecule has 0 aliphatic heterocycles. The molecule has 0 saturated carbocycles. The summed E-state index contributed by atoms with van der Waals surface area (Å²) in [5, 5.41) is 1.76. The number of nitrogens with zero attached hydrogens (tertiary/aromatic N) is 1. The highest BCUT2D eigenvalue weighted by atomic mass is 35.5. The molecule has 3 rings (SSSR count). The van der Waals surface area contributed by atoms with Crippen molar-refractivity contribution < 1.29 is 9.13 Å². The van der Waals surface area contributed by atoms with Crippen molar-refractivity contribution in [1.29, 1.82) is 0 Å². The SMILES string of the molecule is CC(C)n1c(COc2ccc(F)cc2)cc2c(Cl)cccc21. The van der Waals surface area contributed by atoms with E-state index in [1.54, 1.807) is 12.1 Å². The van der Waals surface area contributed by atoms with Crippen LogP contribution in [0.4, 0.5) is 4.39 Å². The van der Waals surface area contributed by atoms with Gasteiger partial charge in [-0.1, -0.05) is 17.7 Å². The topological polar surface area (TPSA) is 14.2 Å². The van der Waals surface area contributed by atoms with Gasteiger partial charge in [0.2, 0.25) is 0 Å². The Morgan fingerprint density at radius 3 is 2.55 bits per heavy atom. The van der Waals surface area contributed by atoms with Gasteiger partial charge in [0.25, 0.3) is 0 Å². The largest absolute Gasteiger partial charge is 0.487 e. The first kappa shape index (κ1) is 14.9. The zero-order valence-electron chi connectivity index (χ0n) is 12.5. The standard InChI is InChI=1S/C18H17ClFNO/c1-12(2)21-14(10-16-17(19)4-3-5-18(16)21)11-22-15-8-6-13(20)7-9-15/h3-10,12H,11H2,1-2H3. The van der Waals surface area contributed by atoms with Crippen molar-refractivity contribution >= 4 is 22.5 Å². The second kappa shape index (κ2) is 6.01. The molecule has 22 heavy (non-hydrogen) atoms. The minimum Gasteiger partial charge on any atom is -0.487 e. The molecular weight excluding hydrogens is 301 g/mol. The maximum Gasteiger partial charge on any atom is 0.128 e. The van der Waals surface area contributed by atoms with Gasteiger partial charge >= 0.3 is 0 Å². The molecule has 0 fully saturated rings. The fourth-order valence-corrected chi connectivity index (χ4v) is 2.90. The number of halogens is 2. The summed E-state index contributed by atoms with van der Waals surface area (Å²) in [5.41, 5.74) is 2.14. The average molecular weight is 318 g/mol. The molecule has 4 heteroatoms. The lowest BCUT2D eigenvalue weighted by Crippen LogP contribution is -2.08. The molecule has 0 spiro atoms. The Morgan fingerprint density at radius 1 is 1.14 bits per heavy atom. The summed E-state index contributed by atoms with van der Waals surface area (Å²) >= 11 is 6.29. The molecule has 0 bridgehead atoms. The number of benzene rings is 2. The first-order chi connectivity index (χ1) is 10.6. The Labute approximate surface area is 134 Å². The second-order valence-corrected chi connectivity index (χ2v) is 5.92. The molecule has 2 nitrogen and oxygen atoms in total. The maximum absolute atomic E-state index is 12.9. The van der Waals surface area contributed by atoms with E-state index in [0.717, 1.165) is 21.6 Å². The van der Waals surface area contributed by atoms with E-state index in [0.29, 0.717) is 18.4 Å². The van der Waals surface area contributed by atoms with Crippen LogP contribution in [0.25, 0.3) is 10.9 Å². The third-order valence-corrected chi connectivity index (χ3v) is 3.96. The van der Waals surface area contributed by atoms with Gasteiger partial charge in [0, 0.05) is 16.5 Å². The Morgan fingerprint density at radius 2 is 1.86 bits per heavy atom. The fourth-order valence-electron chi connectivity index (χ4n) is 2.68. The summed E-state index contributed by atoms with van der Waals surface area (Å²) in [6.07, 6.45) is 0. The van der Waals surface area contributed by atoms with Gasteiger partial charge in [-0.05, 0) is 56.3 Å². The summed E-state index contributed by atoms with van der Waals surface area (Å²) in [6, 6.07) is 14.3. The molecule has 0 radical (unpaired) electrons. The van der Waals surface area contributed by atoms with E-state index < -0.39 is 0 Å². The van der Waals surface area contributed by atoms with Gasteiger partial charge in [-0.25, -0.2) is 4.39 Å². The van der Waals surface area contributed by atoms with E-state index in [9.17, 15) is 4.39 Å². The van der Waals surface area contributed by atoms with Gasteiger partial charge in [-0.2, -0.15) is 0 Å². The van der Waals surface area contributed by atoms with Crippen LogP contribution >= 0.6 is 11.6 Å². The third kappa shape index (κ3) is 2.81. The van der Waals surface area contributed by atoms with Crippen LogP contribution in [-0.4, -0.2) is 4.57 Å². The molecule has 3 aromatic rings. The van der Waals surface area contributed by atoms with E-state index in [2.05, 4.69) is 30.5 Å². The Bertz CT molecular complexity index is 793. The summed E-state index contributed by atoms with van der Waals surface area (Å²) in [6.45, 7) is 4.66. The number of hydrogen-bond donors (Lipinski definition) is 0. The van der Waals surface area contributed by atoms with E-state index in [4.69, 9.17) is 16.3 Å². The van der Waals surface area contributed by atoms with Crippen LogP contribution in [0, 0.1) is 5.82 Å². The lowest BCUT2D eigenvalue weighted by Gasteiger charge is -2.15. The van der Waals surface area contributed by atoms with E-state index in [1.165, 1.54) is 12.1 Å². The molecule has 0 N–H and O–H groups in total. The molecule has 2 aromatic carbocycles. The van der Waals surface area contributed by atoms with Crippen molar-refractivity contribution in [3.05, 3.63) is 65.1 Å². The molecule has 0 aliphatic rings. The molecule has 1 aromatic heterocycles. The van der Waals surface area contributed by atoms with Gasteiger partial charge in [0.1, 0.15) is 18.2 Å². The Hall–Kier alpha value is -2.00. The Balaban J connectivity index is 1.94. The molecule has 0 amide bonds. The van der Waals surface area contributed by atoms with Crippen molar-refractivity contribution in [3.63, 3.8) is 0 Å². The van der Waals surface area contributed by atoms with E-state index in [1.807, 2.05) is 12.1 Å². The highest BCUT2D eigenvalue weighted by Crippen LogP contribution is 2.30. The van der Waals surface area contributed by atoms with Gasteiger partial charge in [-0.3, -0.25) is 0 Å². The monoisotopic (exact) mass is 317 g/mol. The van der Waals surface area contributed by atoms with Crippen LogP contribution in [0.1, 0.15) is 25.6 Å². The zero-order valence-corrected chi connectivity index (χ0v) is 13.3. The quantitative estimate of drug-likeness (QED) is 0.611. The highest BCUT2D eigenvalue weighted by molar-refractivity contribution is 6.35. The molecular formula is C18H17ClFNO. The molecule has 0 aliphatic carbocycles. The summed E-state index contributed by atoms with van der Waals surface area (Å²) < 4.78 is 20.9.